The average Bonchev–Trinajstić information content (AvgIpc) is 3.16. The Labute approximate surface area is 164 Å². The van der Waals surface area contributed by atoms with Crippen molar-refractivity contribution in [2.75, 3.05) is 11.4 Å². The van der Waals surface area contributed by atoms with Crippen LogP contribution in [0.5, 0.6) is 0 Å². The summed E-state index contributed by atoms with van der Waals surface area (Å²) in [5, 5.41) is 14.9. The van der Waals surface area contributed by atoms with Crippen LogP contribution in [0.15, 0.2) is 73.1 Å². The Morgan fingerprint density at radius 2 is 1.68 bits per heavy atom. The van der Waals surface area contributed by atoms with Crippen LogP contribution in [0.3, 0.4) is 0 Å². The fraction of sp³-hybridized carbons (Fsp3) is 0.227. The molecule has 0 radical (unpaired) electrons. The minimum absolute atomic E-state index is 0.440. The zero-order valence-electron chi connectivity index (χ0n) is 16.0. The first kappa shape index (κ1) is 18.1. The Kier molecular flexibility index (Phi) is 4.79. The highest BCUT2D eigenvalue weighted by atomic mass is 16.3. The van der Waals surface area contributed by atoms with Crippen molar-refractivity contribution in [2.24, 2.45) is 0 Å². The number of rotatable bonds is 6. The molecule has 0 unspecified atom stereocenters. The van der Waals surface area contributed by atoms with Gasteiger partial charge in [0.25, 0.3) is 5.78 Å². The number of anilines is 1. The Hall–Kier alpha value is -3.25. The van der Waals surface area contributed by atoms with E-state index in [1.54, 1.807) is 4.52 Å². The zero-order valence-corrected chi connectivity index (χ0v) is 16.0. The molecule has 142 valence electrons. The van der Waals surface area contributed by atoms with Gasteiger partial charge in [0.1, 0.15) is 12.1 Å². The second kappa shape index (κ2) is 7.40. The molecular formula is C22H23N5O. The molecule has 1 N–H and O–H groups in total. The molecule has 0 spiro atoms. The van der Waals surface area contributed by atoms with Gasteiger partial charge in [-0.15, -0.1) is 0 Å². The lowest BCUT2D eigenvalue weighted by Gasteiger charge is -2.31. The van der Waals surface area contributed by atoms with Crippen LogP contribution < -0.4 is 4.90 Å². The fourth-order valence-electron chi connectivity index (χ4n) is 3.27. The van der Waals surface area contributed by atoms with Crippen LogP contribution in [0.2, 0.25) is 0 Å². The summed E-state index contributed by atoms with van der Waals surface area (Å²) in [4.78, 5) is 11.1. The van der Waals surface area contributed by atoms with Gasteiger partial charge in [-0.3, -0.25) is 0 Å². The number of nitrogens with zero attached hydrogens (tertiary/aromatic N) is 5. The van der Waals surface area contributed by atoms with E-state index in [9.17, 15) is 5.11 Å². The molecule has 0 saturated heterocycles. The molecule has 0 aliphatic heterocycles. The quantitative estimate of drug-likeness (QED) is 0.560. The summed E-state index contributed by atoms with van der Waals surface area (Å²) >= 11 is 0. The van der Waals surface area contributed by atoms with Crippen LogP contribution in [-0.4, -0.2) is 36.8 Å². The van der Waals surface area contributed by atoms with Crippen LogP contribution in [0.25, 0.3) is 17.0 Å². The van der Waals surface area contributed by atoms with Crippen molar-refractivity contribution in [1.29, 1.82) is 0 Å². The second-order valence-electron chi connectivity index (χ2n) is 7.49. The number of benzene rings is 2. The van der Waals surface area contributed by atoms with Crippen molar-refractivity contribution < 1.29 is 5.11 Å². The van der Waals surface area contributed by atoms with Crippen LogP contribution >= 0.6 is 0 Å². The molecule has 0 saturated carbocycles. The van der Waals surface area contributed by atoms with Crippen molar-refractivity contribution in [3.05, 3.63) is 78.6 Å². The Balaban J connectivity index is 1.83. The molecule has 0 bridgehead atoms. The van der Waals surface area contributed by atoms with Crippen molar-refractivity contribution in [3.63, 3.8) is 0 Å². The average molecular weight is 373 g/mol. The Morgan fingerprint density at radius 3 is 2.36 bits per heavy atom. The van der Waals surface area contributed by atoms with E-state index in [0.29, 0.717) is 18.9 Å². The minimum Gasteiger partial charge on any atom is -0.389 e. The highest BCUT2D eigenvalue weighted by Crippen LogP contribution is 2.26. The fourth-order valence-corrected chi connectivity index (χ4v) is 3.27. The van der Waals surface area contributed by atoms with Gasteiger partial charge in [-0.25, -0.2) is 4.98 Å². The zero-order chi connectivity index (χ0) is 19.6. The third-order valence-corrected chi connectivity index (χ3v) is 4.42. The van der Waals surface area contributed by atoms with E-state index in [-0.39, 0.29) is 0 Å². The molecule has 0 amide bonds. The normalized spacial score (nSPS) is 11.7. The molecule has 6 heteroatoms. The van der Waals surface area contributed by atoms with Gasteiger partial charge in [-0.1, -0.05) is 60.7 Å². The minimum atomic E-state index is -0.877. The maximum atomic E-state index is 10.5. The number of hydrogen-bond acceptors (Lipinski definition) is 5. The van der Waals surface area contributed by atoms with Crippen molar-refractivity contribution in [2.45, 2.75) is 26.0 Å². The molecule has 0 aliphatic rings. The SMILES string of the molecule is CC(C)(O)CN(Cc1ccccc1)c1cc(-c2ccccc2)nc2ncnn12. The lowest BCUT2D eigenvalue weighted by Crippen LogP contribution is -2.39. The monoisotopic (exact) mass is 373 g/mol. The molecular weight excluding hydrogens is 350 g/mol. The first-order chi connectivity index (χ1) is 13.5. The summed E-state index contributed by atoms with van der Waals surface area (Å²) in [7, 11) is 0. The van der Waals surface area contributed by atoms with E-state index in [1.807, 2.05) is 68.4 Å². The predicted octanol–water partition coefficient (Wildman–Crippen LogP) is 3.57. The van der Waals surface area contributed by atoms with Gasteiger partial charge in [0.05, 0.1) is 11.3 Å². The number of aromatic nitrogens is 4. The van der Waals surface area contributed by atoms with Gasteiger partial charge in [0.15, 0.2) is 0 Å². The topological polar surface area (TPSA) is 66.5 Å². The maximum absolute atomic E-state index is 10.5. The van der Waals surface area contributed by atoms with Gasteiger partial charge in [0.2, 0.25) is 0 Å². The third-order valence-electron chi connectivity index (χ3n) is 4.42. The van der Waals surface area contributed by atoms with E-state index in [2.05, 4.69) is 32.1 Å². The summed E-state index contributed by atoms with van der Waals surface area (Å²) in [6, 6.07) is 22.2. The standard InChI is InChI=1S/C22H23N5O/c1-22(2,28)15-26(14-17-9-5-3-6-10-17)20-13-19(18-11-7-4-8-12-18)25-21-23-16-24-27(20)21/h3-13,16,28H,14-15H2,1-2H3. The summed E-state index contributed by atoms with van der Waals surface area (Å²) < 4.78 is 1.72. The van der Waals surface area contributed by atoms with Crippen LogP contribution in [-0.2, 0) is 6.54 Å². The summed E-state index contributed by atoms with van der Waals surface area (Å²) in [5.74, 6) is 1.37. The van der Waals surface area contributed by atoms with Gasteiger partial charge in [-0.2, -0.15) is 14.6 Å². The smallest absolute Gasteiger partial charge is 0.254 e. The molecule has 28 heavy (non-hydrogen) atoms. The molecule has 4 aromatic rings. The van der Waals surface area contributed by atoms with E-state index in [0.717, 1.165) is 22.6 Å². The van der Waals surface area contributed by atoms with Crippen molar-refractivity contribution in [3.8, 4) is 11.3 Å². The third kappa shape index (κ3) is 4.02. The molecule has 4 rings (SSSR count). The Bertz CT molecular complexity index is 1050. The van der Waals surface area contributed by atoms with E-state index in [4.69, 9.17) is 0 Å². The number of aliphatic hydroxyl groups is 1. The van der Waals surface area contributed by atoms with Crippen LogP contribution in [0.4, 0.5) is 5.82 Å². The van der Waals surface area contributed by atoms with E-state index >= 15 is 0 Å². The summed E-state index contributed by atoms with van der Waals surface area (Å²) in [6.07, 6.45) is 1.51. The molecule has 2 aromatic carbocycles. The Morgan fingerprint density at radius 1 is 1.00 bits per heavy atom. The highest BCUT2D eigenvalue weighted by molar-refractivity contribution is 5.65. The summed E-state index contributed by atoms with van der Waals surface area (Å²) in [6.45, 7) is 4.69. The number of fused-ring (bicyclic) bond motifs is 1. The molecule has 2 heterocycles. The molecule has 0 atom stereocenters. The lowest BCUT2D eigenvalue weighted by atomic mass is 10.1. The molecule has 2 aromatic heterocycles. The van der Waals surface area contributed by atoms with Gasteiger partial charge < -0.3 is 10.0 Å². The maximum Gasteiger partial charge on any atom is 0.254 e. The summed E-state index contributed by atoms with van der Waals surface area (Å²) in [5.41, 5.74) is 2.11. The largest absolute Gasteiger partial charge is 0.389 e. The van der Waals surface area contributed by atoms with Crippen LogP contribution in [0.1, 0.15) is 19.4 Å². The van der Waals surface area contributed by atoms with Gasteiger partial charge in [-0.05, 0) is 19.4 Å². The van der Waals surface area contributed by atoms with E-state index < -0.39 is 5.60 Å². The van der Waals surface area contributed by atoms with Gasteiger partial charge in [0, 0.05) is 24.7 Å². The van der Waals surface area contributed by atoms with Crippen molar-refractivity contribution >= 4 is 11.6 Å². The van der Waals surface area contributed by atoms with Gasteiger partial charge >= 0.3 is 0 Å². The highest BCUT2D eigenvalue weighted by Gasteiger charge is 2.22. The second-order valence-corrected chi connectivity index (χ2v) is 7.49. The first-order valence-electron chi connectivity index (χ1n) is 9.27. The van der Waals surface area contributed by atoms with E-state index in [1.165, 1.54) is 6.33 Å². The van der Waals surface area contributed by atoms with Crippen LogP contribution in [0, 0.1) is 0 Å². The molecule has 0 aliphatic carbocycles. The predicted molar refractivity (Wildman–Crippen MR) is 110 cm³/mol. The van der Waals surface area contributed by atoms with Crippen molar-refractivity contribution in [1.82, 2.24) is 19.6 Å². The first-order valence-corrected chi connectivity index (χ1v) is 9.27. The molecule has 0 fully saturated rings. The lowest BCUT2D eigenvalue weighted by molar-refractivity contribution is 0.0867. The molecule has 6 nitrogen and oxygen atoms in total. The number of hydrogen-bond donors (Lipinski definition) is 1.